The number of likely N-dealkylation sites (tertiary alicyclic amines) is 1. The van der Waals surface area contributed by atoms with Crippen LogP contribution in [0.1, 0.15) is 63.1 Å². The number of carbonyl (C=O) groups is 1. The van der Waals surface area contributed by atoms with E-state index < -0.39 is 0 Å². The molecule has 1 unspecified atom stereocenters. The highest BCUT2D eigenvalue weighted by atomic mass is 79.9. The molecule has 0 bridgehead atoms. The molecule has 0 aliphatic carbocycles. The van der Waals surface area contributed by atoms with Gasteiger partial charge in [0.1, 0.15) is 5.65 Å². The number of hydrogen-bond acceptors (Lipinski definition) is 3. The average molecular weight is 529 g/mol. The third kappa shape index (κ3) is 6.92. The molecule has 34 heavy (non-hydrogen) atoms. The minimum atomic E-state index is 0.284. The minimum absolute atomic E-state index is 0.284. The largest absolute Gasteiger partial charge is 0.385 e. The first-order valence-electron chi connectivity index (χ1n) is 12.6. The van der Waals surface area contributed by atoms with Crippen molar-refractivity contribution in [1.82, 2.24) is 14.5 Å². The van der Waals surface area contributed by atoms with Gasteiger partial charge in [0.05, 0.1) is 0 Å². The summed E-state index contributed by atoms with van der Waals surface area (Å²) in [5, 5.41) is 1.18. The molecule has 0 spiro atoms. The standard InChI is InChI=1S/C26H32BrN3O2.C2H6/c1-32-17-5-16-30-24(18-21-7-3-14-28-26(21)30)22-8-4-15-29(19-22)25(31)9-2-6-20-10-12-23(27)13-11-20;1-2/h3,7,10-14,18,22H,2,4-6,8-9,15-17,19H2,1H3;1-2H3. The Labute approximate surface area is 212 Å². The van der Waals surface area contributed by atoms with Crippen LogP contribution in [0.3, 0.4) is 0 Å². The molecule has 6 heteroatoms. The summed E-state index contributed by atoms with van der Waals surface area (Å²) in [6.07, 6.45) is 7.43. The third-order valence-corrected chi connectivity index (χ3v) is 6.91. The topological polar surface area (TPSA) is 47.4 Å². The molecule has 4 rings (SSSR count). The van der Waals surface area contributed by atoms with E-state index in [2.05, 4.69) is 66.8 Å². The Morgan fingerprint density at radius 2 is 1.97 bits per heavy atom. The van der Waals surface area contributed by atoms with Gasteiger partial charge in [0.15, 0.2) is 0 Å². The molecule has 0 saturated carbocycles. The number of amides is 1. The first-order chi connectivity index (χ1) is 16.7. The molecule has 3 heterocycles. The van der Waals surface area contributed by atoms with Crippen molar-refractivity contribution in [2.24, 2.45) is 0 Å². The van der Waals surface area contributed by atoms with E-state index in [0.29, 0.717) is 12.3 Å². The van der Waals surface area contributed by atoms with E-state index in [0.717, 1.165) is 68.5 Å². The molecule has 1 aromatic carbocycles. The van der Waals surface area contributed by atoms with Gasteiger partial charge in [-0.1, -0.05) is 41.9 Å². The highest BCUT2D eigenvalue weighted by molar-refractivity contribution is 9.10. The van der Waals surface area contributed by atoms with Crippen molar-refractivity contribution in [3.05, 3.63) is 64.4 Å². The monoisotopic (exact) mass is 527 g/mol. The van der Waals surface area contributed by atoms with Gasteiger partial charge in [0.25, 0.3) is 0 Å². The first-order valence-corrected chi connectivity index (χ1v) is 13.4. The smallest absolute Gasteiger partial charge is 0.222 e. The normalized spacial score (nSPS) is 15.8. The molecule has 1 amide bonds. The summed E-state index contributed by atoms with van der Waals surface area (Å²) in [7, 11) is 1.74. The van der Waals surface area contributed by atoms with E-state index in [1.807, 2.05) is 26.1 Å². The number of carbonyl (C=O) groups excluding carboxylic acids is 1. The quantitative estimate of drug-likeness (QED) is 0.295. The third-order valence-electron chi connectivity index (χ3n) is 6.38. The predicted molar refractivity (Wildman–Crippen MR) is 143 cm³/mol. The van der Waals surface area contributed by atoms with Gasteiger partial charge in [-0.25, -0.2) is 4.98 Å². The van der Waals surface area contributed by atoms with Crippen LogP contribution >= 0.6 is 15.9 Å². The summed E-state index contributed by atoms with van der Waals surface area (Å²) in [6, 6.07) is 14.8. The van der Waals surface area contributed by atoms with Crippen molar-refractivity contribution < 1.29 is 9.53 Å². The molecule has 1 saturated heterocycles. The fourth-order valence-electron chi connectivity index (χ4n) is 4.75. The van der Waals surface area contributed by atoms with Gasteiger partial charge in [0, 0.05) is 67.4 Å². The first kappa shape index (κ1) is 26.4. The van der Waals surface area contributed by atoms with Crippen LogP contribution < -0.4 is 0 Å². The zero-order valence-electron chi connectivity index (χ0n) is 20.8. The lowest BCUT2D eigenvalue weighted by Crippen LogP contribution is -2.39. The van der Waals surface area contributed by atoms with Crippen molar-refractivity contribution in [3.8, 4) is 0 Å². The SMILES string of the molecule is CC.COCCCn1c(C2CCCN(C(=O)CCCc3ccc(Br)cc3)C2)cc2cccnc21. The van der Waals surface area contributed by atoms with E-state index in [1.165, 1.54) is 16.6 Å². The molecular formula is C28H38BrN3O2. The molecule has 1 aliphatic rings. The second-order valence-electron chi connectivity index (χ2n) is 8.64. The second-order valence-corrected chi connectivity index (χ2v) is 9.56. The number of fused-ring (bicyclic) bond motifs is 1. The molecule has 1 fully saturated rings. The number of pyridine rings is 1. The highest BCUT2D eigenvalue weighted by Gasteiger charge is 2.27. The number of aryl methyl sites for hydroxylation is 2. The van der Waals surface area contributed by atoms with E-state index in [4.69, 9.17) is 4.74 Å². The Bertz CT molecular complexity index is 1030. The average Bonchev–Trinajstić information content (AvgIpc) is 3.25. The van der Waals surface area contributed by atoms with Crippen LogP contribution in [-0.4, -0.2) is 47.2 Å². The van der Waals surface area contributed by atoms with E-state index in [1.54, 1.807) is 7.11 Å². The zero-order valence-corrected chi connectivity index (χ0v) is 22.4. The van der Waals surface area contributed by atoms with E-state index in [9.17, 15) is 4.79 Å². The number of aromatic nitrogens is 2. The molecular weight excluding hydrogens is 490 g/mol. The Hall–Kier alpha value is -2.18. The number of benzene rings is 1. The van der Waals surface area contributed by atoms with Gasteiger partial charge in [-0.3, -0.25) is 4.79 Å². The summed E-state index contributed by atoms with van der Waals surface area (Å²) in [6.45, 7) is 7.30. The van der Waals surface area contributed by atoms with Crippen molar-refractivity contribution in [2.75, 3.05) is 26.8 Å². The Morgan fingerprint density at radius 3 is 2.74 bits per heavy atom. The van der Waals surface area contributed by atoms with Gasteiger partial charge in [-0.05, 0) is 68.0 Å². The molecule has 184 valence electrons. The van der Waals surface area contributed by atoms with Crippen LogP contribution in [0.15, 0.2) is 53.1 Å². The van der Waals surface area contributed by atoms with Gasteiger partial charge in [-0.15, -0.1) is 0 Å². The summed E-state index contributed by atoms with van der Waals surface area (Å²) >= 11 is 3.47. The zero-order chi connectivity index (χ0) is 24.3. The fourth-order valence-corrected chi connectivity index (χ4v) is 5.01. The van der Waals surface area contributed by atoms with Crippen LogP contribution in [0.25, 0.3) is 11.0 Å². The van der Waals surface area contributed by atoms with Crippen LogP contribution in [0.2, 0.25) is 0 Å². The summed E-state index contributed by atoms with van der Waals surface area (Å²) in [5.41, 5.74) is 3.63. The number of piperidine rings is 1. The number of halogens is 1. The highest BCUT2D eigenvalue weighted by Crippen LogP contribution is 2.31. The van der Waals surface area contributed by atoms with Crippen LogP contribution in [0.5, 0.6) is 0 Å². The maximum atomic E-state index is 13.0. The van der Waals surface area contributed by atoms with E-state index >= 15 is 0 Å². The predicted octanol–water partition coefficient (Wildman–Crippen LogP) is 6.59. The number of methoxy groups -OCH3 is 1. The summed E-state index contributed by atoms with van der Waals surface area (Å²) in [5.74, 6) is 0.642. The van der Waals surface area contributed by atoms with Gasteiger partial charge >= 0.3 is 0 Å². The van der Waals surface area contributed by atoms with Crippen molar-refractivity contribution in [3.63, 3.8) is 0 Å². The number of nitrogens with zero attached hydrogens (tertiary/aromatic N) is 3. The number of hydrogen-bond donors (Lipinski definition) is 0. The molecule has 5 nitrogen and oxygen atoms in total. The van der Waals surface area contributed by atoms with E-state index in [-0.39, 0.29) is 5.91 Å². The van der Waals surface area contributed by atoms with Crippen LogP contribution in [0, 0.1) is 0 Å². The maximum Gasteiger partial charge on any atom is 0.222 e. The molecule has 1 atom stereocenters. The molecule has 2 aromatic heterocycles. The van der Waals surface area contributed by atoms with Gasteiger partial charge < -0.3 is 14.2 Å². The Morgan fingerprint density at radius 1 is 1.18 bits per heavy atom. The fraction of sp³-hybridized carbons (Fsp3) is 0.500. The second kappa shape index (κ2) is 13.6. The Balaban J connectivity index is 0.00000158. The lowest BCUT2D eigenvalue weighted by Gasteiger charge is -2.33. The summed E-state index contributed by atoms with van der Waals surface area (Å²) in [4.78, 5) is 19.7. The maximum absolute atomic E-state index is 13.0. The lowest BCUT2D eigenvalue weighted by molar-refractivity contribution is -0.132. The number of rotatable bonds is 9. The van der Waals surface area contributed by atoms with Gasteiger partial charge in [-0.2, -0.15) is 0 Å². The van der Waals surface area contributed by atoms with Crippen molar-refractivity contribution in [2.45, 2.75) is 64.8 Å². The number of ether oxygens (including phenoxy) is 1. The molecule has 0 radical (unpaired) electrons. The molecule has 1 aliphatic heterocycles. The van der Waals surface area contributed by atoms with Crippen molar-refractivity contribution in [1.29, 1.82) is 0 Å². The Kier molecular flexibility index (Phi) is 10.6. The lowest BCUT2D eigenvalue weighted by atomic mass is 9.94. The van der Waals surface area contributed by atoms with Crippen molar-refractivity contribution >= 4 is 32.9 Å². The minimum Gasteiger partial charge on any atom is -0.385 e. The summed E-state index contributed by atoms with van der Waals surface area (Å²) < 4.78 is 8.71. The van der Waals surface area contributed by atoms with Crippen LogP contribution in [0.4, 0.5) is 0 Å². The molecule has 3 aromatic rings. The van der Waals surface area contributed by atoms with Crippen LogP contribution in [-0.2, 0) is 22.5 Å². The van der Waals surface area contributed by atoms with Gasteiger partial charge in [0.2, 0.25) is 5.91 Å². The molecule has 0 N–H and O–H groups in total.